The summed E-state index contributed by atoms with van der Waals surface area (Å²) < 4.78 is 0. The van der Waals surface area contributed by atoms with E-state index >= 15 is 0 Å². The molecule has 1 aliphatic heterocycles. The van der Waals surface area contributed by atoms with Gasteiger partial charge in [-0.25, -0.2) is 0 Å². The van der Waals surface area contributed by atoms with Gasteiger partial charge in [-0.2, -0.15) is 5.26 Å². The highest BCUT2D eigenvalue weighted by molar-refractivity contribution is 6.02. The van der Waals surface area contributed by atoms with Crippen molar-refractivity contribution in [2.75, 3.05) is 5.73 Å². The van der Waals surface area contributed by atoms with E-state index in [1.165, 1.54) is 0 Å². The Kier molecular flexibility index (Phi) is 1.46. The Morgan fingerprint density at radius 2 is 2.31 bits per heavy atom. The van der Waals surface area contributed by atoms with Gasteiger partial charge in [-0.05, 0) is 12.1 Å². The molecule has 1 heterocycles. The molecule has 13 heavy (non-hydrogen) atoms. The maximum absolute atomic E-state index is 11.3. The fraction of sp³-hybridized carbons (Fsp3) is 0.111. The van der Waals surface area contributed by atoms with Crippen LogP contribution in [0.1, 0.15) is 21.5 Å². The number of carbonyl (C=O) groups excluding carboxylic acids is 1. The molecule has 3 N–H and O–H groups in total. The van der Waals surface area contributed by atoms with Crippen molar-refractivity contribution < 1.29 is 4.79 Å². The summed E-state index contributed by atoms with van der Waals surface area (Å²) in [6.45, 7) is 0.426. The number of benzene rings is 1. The molecule has 4 heteroatoms. The predicted molar refractivity (Wildman–Crippen MR) is 46.7 cm³/mol. The zero-order valence-electron chi connectivity index (χ0n) is 6.79. The molecule has 0 spiro atoms. The lowest BCUT2D eigenvalue weighted by Gasteiger charge is -2.01. The van der Waals surface area contributed by atoms with Gasteiger partial charge in [0.05, 0.1) is 17.2 Å². The van der Waals surface area contributed by atoms with Gasteiger partial charge < -0.3 is 11.1 Å². The second kappa shape index (κ2) is 2.49. The van der Waals surface area contributed by atoms with Crippen molar-refractivity contribution in [2.24, 2.45) is 0 Å². The smallest absolute Gasteiger partial charge is 0.253 e. The minimum Gasteiger partial charge on any atom is -0.398 e. The topological polar surface area (TPSA) is 78.9 Å². The number of nitrogens with two attached hydrogens (primary N) is 1. The monoisotopic (exact) mass is 173 g/mol. The Balaban J connectivity index is 2.75. The minimum absolute atomic E-state index is 0.209. The Morgan fingerprint density at radius 1 is 1.54 bits per heavy atom. The molecule has 2 rings (SSSR count). The summed E-state index contributed by atoms with van der Waals surface area (Å²) in [5.74, 6) is -0.209. The maximum Gasteiger partial charge on any atom is 0.253 e. The lowest BCUT2D eigenvalue weighted by atomic mass is 10.0. The molecule has 1 amide bonds. The quantitative estimate of drug-likeness (QED) is 0.557. The van der Waals surface area contributed by atoms with E-state index in [0.717, 1.165) is 5.56 Å². The summed E-state index contributed by atoms with van der Waals surface area (Å²) >= 11 is 0. The molecule has 0 aliphatic carbocycles. The van der Waals surface area contributed by atoms with Crippen molar-refractivity contribution >= 4 is 11.6 Å². The third-order valence-electron chi connectivity index (χ3n) is 2.12. The largest absolute Gasteiger partial charge is 0.398 e. The van der Waals surface area contributed by atoms with Gasteiger partial charge in [-0.15, -0.1) is 0 Å². The van der Waals surface area contributed by atoms with Crippen molar-refractivity contribution in [3.05, 3.63) is 28.8 Å². The molecule has 0 fully saturated rings. The normalized spacial score (nSPS) is 13.3. The molecule has 0 aromatic heterocycles. The highest BCUT2D eigenvalue weighted by Gasteiger charge is 2.24. The Bertz CT molecular complexity index is 431. The van der Waals surface area contributed by atoms with Crippen LogP contribution < -0.4 is 11.1 Å². The molecule has 0 bridgehead atoms. The molecule has 1 aliphatic rings. The van der Waals surface area contributed by atoms with Gasteiger partial charge in [0, 0.05) is 17.8 Å². The summed E-state index contributed by atoms with van der Waals surface area (Å²) in [4.78, 5) is 11.3. The Morgan fingerprint density at radius 3 is 3.00 bits per heavy atom. The number of amides is 1. The van der Waals surface area contributed by atoms with Gasteiger partial charge in [-0.1, -0.05) is 0 Å². The number of fused-ring (bicyclic) bond motifs is 1. The van der Waals surface area contributed by atoms with E-state index in [1.807, 2.05) is 6.07 Å². The number of carbonyl (C=O) groups is 1. The number of nitrogens with zero attached hydrogens (tertiary/aromatic N) is 1. The second-order valence-corrected chi connectivity index (χ2v) is 2.85. The van der Waals surface area contributed by atoms with E-state index in [2.05, 4.69) is 5.32 Å². The first kappa shape index (κ1) is 7.62. The van der Waals surface area contributed by atoms with Crippen molar-refractivity contribution in [2.45, 2.75) is 6.54 Å². The number of nitrogens with one attached hydrogen (secondary N) is 1. The summed E-state index contributed by atoms with van der Waals surface area (Å²) in [6.07, 6.45) is 0. The first-order valence-corrected chi connectivity index (χ1v) is 3.83. The zero-order chi connectivity index (χ0) is 9.42. The van der Waals surface area contributed by atoms with E-state index in [4.69, 9.17) is 11.0 Å². The van der Waals surface area contributed by atoms with Crippen LogP contribution in [0.4, 0.5) is 5.69 Å². The lowest BCUT2D eigenvalue weighted by Crippen LogP contribution is -2.13. The third kappa shape index (κ3) is 0.942. The molecular weight excluding hydrogens is 166 g/mol. The minimum atomic E-state index is -0.209. The van der Waals surface area contributed by atoms with Crippen LogP contribution in [0.15, 0.2) is 12.1 Å². The standard InChI is InChI=1S/C9H7N3O/c10-3-5-1-2-7(11)6-4-12-9(13)8(5)6/h1-2H,4,11H2,(H,12,13). The Hall–Kier alpha value is -2.02. The molecule has 64 valence electrons. The van der Waals surface area contributed by atoms with Gasteiger partial charge in [-0.3, -0.25) is 4.79 Å². The second-order valence-electron chi connectivity index (χ2n) is 2.85. The maximum atomic E-state index is 11.3. The van der Waals surface area contributed by atoms with Crippen LogP contribution in [-0.2, 0) is 6.54 Å². The fourth-order valence-corrected chi connectivity index (χ4v) is 1.46. The molecule has 0 atom stereocenters. The van der Waals surface area contributed by atoms with Crippen molar-refractivity contribution in [3.63, 3.8) is 0 Å². The molecule has 1 aromatic rings. The molecule has 0 saturated carbocycles. The molecule has 4 nitrogen and oxygen atoms in total. The van der Waals surface area contributed by atoms with Crippen molar-refractivity contribution in [1.82, 2.24) is 5.32 Å². The number of anilines is 1. The molecule has 0 unspecified atom stereocenters. The van der Waals surface area contributed by atoms with Crippen LogP contribution in [0.25, 0.3) is 0 Å². The fourth-order valence-electron chi connectivity index (χ4n) is 1.46. The van der Waals surface area contributed by atoms with Gasteiger partial charge in [0.1, 0.15) is 0 Å². The molecule has 0 saturated heterocycles. The van der Waals surface area contributed by atoms with Gasteiger partial charge in [0.15, 0.2) is 0 Å². The van der Waals surface area contributed by atoms with Crippen LogP contribution >= 0.6 is 0 Å². The molecular formula is C9H7N3O. The number of rotatable bonds is 0. The summed E-state index contributed by atoms with van der Waals surface area (Å²) in [6, 6.07) is 5.19. The zero-order valence-corrected chi connectivity index (χ0v) is 6.79. The van der Waals surface area contributed by atoms with Crippen LogP contribution in [0.5, 0.6) is 0 Å². The average molecular weight is 173 g/mol. The van der Waals surface area contributed by atoms with Crippen LogP contribution in [0.2, 0.25) is 0 Å². The first-order valence-electron chi connectivity index (χ1n) is 3.83. The van der Waals surface area contributed by atoms with Crippen LogP contribution in [0, 0.1) is 11.3 Å². The van der Waals surface area contributed by atoms with Gasteiger partial charge >= 0.3 is 0 Å². The summed E-state index contributed by atoms with van der Waals surface area (Å²) in [5, 5.41) is 11.4. The van der Waals surface area contributed by atoms with Crippen LogP contribution in [0.3, 0.4) is 0 Å². The van der Waals surface area contributed by atoms with E-state index in [-0.39, 0.29) is 5.91 Å². The molecule has 1 aromatic carbocycles. The van der Waals surface area contributed by atoms with Gasteiger partial charge in [0.2, 0.25) is 0 Å². The Labute approximate surface area is 75.0 Å². The number of nitrogen functional groups attached to an aromatic ring is 1. The average Bonchev–Trinajstić information content (AvgIpc) is 2.51. The predicted octanol–water partition coefficient (Wildman–Crippen LogP) is 0.384. The van der Waals surface area contributed by atoms with E-state index < -0.39 is 0 Å². The summed E-state index contributed by atoms with van der Waals surface area (Å²) in [5.41, 5.74) is 7.78. The number of nitriles is 1. The SMILES string of the molecule is N#Cc1ccc(N)c2c1C(=O)NC2. The first-order chi connectivity index (χ1) is 6.24. The number of hydrogen-bond donors (Lipinski definition) is 2. The third-order valence-corrected chi connectivity index (χ3v) is 2.12. The van der Waals surface area contributed by atoms with E-state index in [1.54, 1.807) is 12.1 Å². The summed E-state index contributed by atoms with van der Waals surface area (Å²) in [7, 11) is 0. The highest BCUT2D eigenvalue weighted by atomic mass is 16.1. The van der Waals surface area contributed by atoms with E-state index in [0.29, 0.717) is 23.4 Å². The van der Waals surface area contributed by atoms with Gasteiger partial charge in [0.25, 0.3) is 5.91 Å². The lowest BCUT2D eigenvalue weighted by molar-refractivity contribution is 0.0965. The van der Waals surface area contributed by atoms with E-state index in [9.17, 15) is 4.79 Å². The highest BCUT2D eigenvalue weighted by Crippen LogP contribution is 2.24. The number of hydrogen-bond acceptors (Lipinski definition) is 3. The molecule has 0 radical (unpaired) electrons. The van der Waals surface area contributed by atoms with Crippen LogP contribution in [-0.4, -0.2) is 5.91 Å². The van der Waals surface area contributed by atoms with Crippen molar-refractivity contribution in [3.8, 4) is 6.07 Å². The van der Waals surface area contributed by atoms with Crippen molar-refractivity contribution in [1.29, 1.82) is 5.26 Å².